The zero-order valence-corrected chi connectivity index (χ0v) is 75.0. The number of para-hydroxylation sites is 4. The lowest BCUT2D eigenvalue weighted by Crippen LogP contribution is -2.61. The molecule has 2 aliphatic heterocycles. The predicted molar refractivity (Wildman–Crippen MR) is 526 cm³/mol. The Hall–Kier alpha value is -11.7. The Morgan fingerprint density at radius 1 is 0.248 bits per heavy atom. The van der Waals surface area contributed by atoms with Crippen LogP contribution >= 0.6 is 0 Å². The van der Waals surface area contributed by atoms with Crippen molar-refractivity contribution >= 4 is 101 Å². The zero-order chi connectivity index (χ0) is 96.8. The van der Waals surface area contributed by atoms with Crippen molar-refractivity contribution < 1.29 is 17.8 Å². The van der Waals surface area contributed by atoms with Crippen LogP contribution in [0.4, 0.5) is 34.1 Å². The molecule has 0 atom stereocenters. The molecular formula is C116H119BN4. The summed E-state index contributed by atoms with van der Waals surface area (Å²) < 4.78 is 130. The average Bonchev–Trinajstić information content (AvgIpc) is 0.961. The monoisotopic (exact) mass is 1590 g/mol. The Morgan fingerprint density at radius 2 is 0.587 bits per heavy atom. The van der Waals surface area contributed by atoms with Gasteiger partial charge < -0.3 is 18.9 Å². The van der Waals surface area contributed by atoms with Crippen LogP contribution in [-0.4, -0.2) is 15.8 Å². The minimum Gasteiger partial charge on any atom is -0.310 e. The van der Waals surface area contributed by atoms with Gasteiger partial charge in [0.25, 0.3) is 6.71 Å². The highest BCUT2D eigenvalue weighted by Gasteiger charge is 2.47. The first-order valence-electron chi connectivity index (χ1n) is 49.5. The summed E-state index contributed by atoms with van der Waals surface area (Å²) in [6.45, 7) is 53.5. The highest BCUT2D eigenvalue weighted by molar-refractivity contribution is 7.00. The smallest absolute Gasteiger partial charge is 0.252 e. The van der Waals surface area contributed by atoms with Crippen LogP contribution in [0.5, 0.6) is 0 Å². The van der Waals surface area contributed by atoms with Gasteiger partial charge >= 0.3 is 0 Å². The highest BCUT2D eigenvalue weighted by atomic mass is 15.2. The van der Waals surface area contributed by atoms with Crippen molar-refractivity contribution in [1.82, 2.24) is 9.13 Å². The van der Waals surface area contributed by atoms with Crippen molar-refractivity contribution in [2.45, 2.75) is 209 Å². The summed E-state index contributed by atoms with van der Waals surface area (Å²) in [5, 5.41) is 2.01. The summed E-state index contributed by atoms with van der Waals surface area (Å²) in [4.78, 5) is 4.92. The molecule has 606 valence electrons. The number of nitrogens with zero attached hydrogens (tertiary/aromatic N) is 4. The molecule has 14 aromatic carbocycles. The molecule has 0 fully saturated rings. The van der Waals surface area contributed by atoms with Gasteiger partial charge in [-0.2, -0.15) is 0 Å². The molecule has 121 heavy (non-hydrogen) atoms. The van der Waals surface area contributed by atoms with Crippen LogP contribution in [-0.2, 0) is 43.3 Å². The van der Waals surface area contributed by atoms with Crippen LogP contribution in [0.15, 0.2) is 285 Å². The second kappa shape index (κ2) is 28.5. The minimum atomic E-state index is -0.786. The third-order valence-corrected chi connectivity index (χ3v) is 25.4. The molecule has 0 saturated heterocycles. The lowest BCUT2D eigenvalue weighted by atomic mass is 9.33. The van der Waals surface area contributed by atoms with E-state index >= 15 is 0 Å². The SMILES string of the molecule is [2H]c1c([2H])c([2H])c(-c2ccc3c(c2)N(c2c(-c4ccc(C(C)(C)C)cc4)cccc2-c2c(C(C)(C)C)cccc2C(C)(C)C)c2cc(-n4c5ccc(C(C)(C)C)cc5c5cc(C(C)(C)C)ccc54)cc4c2B3c2ccc(-n3c5c([2H])c([2H])c([2H])c([2H])c5c5c([2H])c([2H])c([2H])c([2H])c53)cc2N4c2c(-c3ccc(C(C)(C)C)cc3)cccc2-c2c(C(C)(C)C)cccc2C(C)(C)C)c([2H])c1[2H]. The molecule has 4 heterocycles. The van der Waals surface area contributed by atoms with Crippen molar-refractivity contribution in [1.29, 1.82) is 0 Å². The van der Waals surface area contributed by atoms with E-state index in [-0.39, 0.29) is 61.1 Å². The van der Waals surface area contributed by atoms with Gasteiger partial charge in [-0.1, -0.05) is 384 Å². The number of aromatic nitrogens is 2. The number of rotatable bonds is 9. The van der Waals surface area contributed by atoms with Gasteiger partial charge in [0.1, 0.15) is 0 Å². The van der Waals surface area contributed by atoms with Crippen molar-refractivity contribution in [2.75, 3.05) is 9.80 Å². The van der Waals surface area contributed by atoms with Crippen molar-refractivity contribution in [3.8, 4) is 67.0 Å². The molecule has 18 rings (SSSR count). The molecule has 0 aliphatic carbocycles. The topological polar surface area (TPSA) is 16.3 Å². The van der Waals surface area contributed by atoms with Gasteiger partial charge in [-0.3, -0.25) is 0 Å². The molecule has 0 amide bonds. The maximum atomic E-state index is 10.2. The quantitative estimate of drug-likeness (QED) is 0.134. The Morgan fingerprint density at radius 3 is 0.992 bits per heavy atom. The van der Waals surface area contributed by atoms with E-state index in [0.717, 1.165) is 156 Å². The fraction of sp³-hybridized carbons (Fsp3) is 0.276. The highest BCUT2D eigenvalue weighted by Crippen LogP contribution is 2.58. The van der Waals surface area contributed by atoms with Gasteiger partial charge in [0.05, 0.1) is 56.9 Å². The summed E-state index contributed by atoms with van der Waals surface area (Å²) in [5.41, 5.74) is 24.0. The molecule has 2 aromatic heterocycles. The third-order valence-electron chi connectivity index (χ3n) is 25.4. The first kappa shape index (κ1) is 66.1. The second-order valence-electron chi connectivity index (χ2n) is 42.1. The van der Waals surface area contributed by atoms with Gasteiger partial charge in [0.15, 0.2) is 0 Å². The predicted octanol–water partition coefficient (Wildman–Crippen LogP) is 30.7. The molecule has 4 nitrogen and oxygen atoms in total. The van der Waals surface area contributed by atoms with Crippen LogP contribution in [0, 0.1) is 0 Å². The Labute approximate surface area is 739 Å². The molecule has 0 saturated carbocycles. The van der Waals surface area contributed by atoms with E-state index in [9.17, 15) is 16.4 Å². The summed E-state index contributed by atoms with van der Waals surface area (Å²) in [6.07, 6.45) is 0. The van der Waals surface area contributed by atoms with E-state index in [0.29, 0.717) is 22.6 Å². The van der Waals surface area contributed by atoms with Gasteiger partial charge in [-0.05, 0) is 204 Å². The number of fused-ring (bicyclic) bond motifs is 10. The summed E-state index contributed by atoms with van der Waals surface area (Å²) in [5.74, 6) is 0. The molecule has 0 unspecified atom stereocenters. The molecule has 16 aromatic rings. The van der Waals surface area contributed by atoms with Crippen LogP contribution in [0.1, 0.15) is 228 Å². The molecule has 5 heteroatoms. The Balaban J connectivity index is 1.14. The number of hydrogen-bond acceptors (Lipinski definition) is 2. The van der Waals surface area contributed by atoms with Crippen molar-refractivity contribution in [3.63, 3.8) is 0 Å². The first-order valence-corrected chi connectivity index (χ1v) is 43.0. The van der Waals surface area contributed by atoms with E-state index in [1.807, 2.05) is 12.1 Å². The van der Waals surface area contributed by atoms with Crippen molar-refractivity contribution in [2.24, 2.45) is 0 Å². The summed E-state index contributed by atoms with van der Waals surface area (Å²) >= 11 is 0. The molecular weight excluding hydrogens is 1460 g/mol. The molecule has 0 N–H and O–H groups in total. The minimum absolute atomic E-state index is 0.0275. The van der Waals surface area contributed by atoms with E-state index in [1.54, 1.807) is 4.57 Å². The summed E-state index contributed by atoms with van der Waals surface area (Å²) in [7, 11) is 0. The molecule has 0 radical (unpaired) electrons. The molecule has 0 bridgehead atoms. The number of anilines is 6. The van der Waals surface area contributed by atoms with Crippen molar-refractivity contribution in [3.05, 3.63) is 329 Å². The maximum absolute atomic E-state index is 10.2. The maximum Gasteiger partial charge on any atom is 0.252 e. The van der Waals surface area contributed by atoms with Crippen LogP contribution in [0.3, 0.4) is 0 Å². The molecule has 0 spiro atoms. The first-order chi connectivity index (χ1) is 62.5. The fourth-order valence-corrected chi connectivity index (χ4v) is 19.1. The number of hydrogen-bond donors (Lipinski definition) is 0. The van der Waals surface area contributed by atoms with E-state index in [4.69, 9.17) is 1.37 Å². The lowest BCUT2D eigenvalue weighted by molar-refractivity contribution is 0.571. The number of benzene rings is 14. The summed E-state index contributed by atoms with van der Waals surface area (Å²) in [6, 6.07) is 69.5. The fourth-order valence-electron chi connectivity index (χ4n) is 19.1. The molecule has 2 aliphatic rings. The normalized spacial score (nSPS) is 15.1. The standard InChI is InChI=1S/C116H119BN4/c1-109(2,3)76-55-50-73(51-56-76)82-40-32-42-86(104-90(113(13,14)15)44-34-45-91(104)114(16,17)18)107(82)120-100-66-75(72-36-26-25-27-37-72)54-62-94(100)117-95-63-61-80(118-96-48-30-28-38-84(96)85-39-29-31-49-97(85)118)69-101(95)121(103-71-81(70-102(120)106(103)117)119-98-64-59-78(111(7,8)9)67-88(98)89-68-79(112(10,11)12)60-65-99(89)119)108-83(74-52-57-77(58-53-74)110(4,5)6)41-33-43-87(108)105-92(115(19,20)21)46-35-47-93(105)116(22,23)24/h25-71H,1-24H3/i25D,26D,27D,28D,29D,30D,31D,36D,37D,38D,39D,48D,49D. The lowest BCUT2D eigenvalue weighted by Gasteiger charge is -2.46. The average molecular weight is 1590 g/mol. The van der Waals surface area contributed by atoms with Gasteiger partial charge in [0.2, 0.25) is 0 Å². The Bertz CT molecular complexity index is 7420. The van der Waals surface area contributed by atoms with Gasteiger partial charge in [-0.25, -0.2) is 0 Å². The second-order valence-corrected chi connectivity index (χ2v) is 42.1. The third kappa shape index (κ3) is 13.8. The van der Waals surface area contributed by atoms with Gasteiger partial charge in [0, 0.05) is 72.2 Å². The van der Waals surface area contributed by atoms with E-state index in [2.05, 4.69) is 375 Å². The Kier molecular flexibility index (Phi) is 15.6. The zero-order valence-electron chi connectivity index (χ0n) is 88.0. The van der Waals surface area contributed by atoms with Crippen LogP contribution in [0.2, 0.25) is 0 Å². The van der Waals surface area contributed by atoms with E-state index < -0.39 is 94.8 Å². The van der Waals surface area contributed by atoms with E-state index in [1.165, 1.54) is 0 Å². The van der Waals surface area contributed by atoms with Crippen LogP contribution < -0.4 is 26.2 Å². The largest absolute Gasteiger partial charge is 0.310 e. The van der Waals surface area contributed by atoms with Gasteiger partial charge in [-0.15, -0.1) is 0 Å². The van der Waals surface area contributed by atoms with Crippen LogP contribution in [0.25, 0.3) is 111 Å².